The summed E-state index contributed by atoms with van der Waals surface area (Å²) in [6, 6.07) is 0. The molecule has 0 aliphatic carbocycles. The Kier molecular flexibility index (Phi) is 1.89. The fraction of sp³-hybridized carbons (Fsp3) is 0.0909. The molecule has 0 amide bonds. The van der Waals surface area contributed by atoms with Gasteiger partial charge in [-0.2, -0.15) is 0 Å². The van der Waals surface area contributed by atoms with Crippen LogP contribution in [0.15, 0.2) is 37.3 Å². The topological polar surface area (TPSA) is 56.5 Å². The monoisotopic (exact) mass is 211 g/mol. The van der Waals surface area contributed by atoms with Crippen molar-refractivity contribution >= 4 is 11.0 Å². The molecule has 0 atom stereocenters. The quantitative estimate of drug-likeness (QED) is 0.611. The van der Waals surface area contributed by atoms with Gasteiger partial charge in [-0.3, -0.25) is 15.0 Å². The predicted octanol–water partition coefficient (Wildman–Crippen LogP) is 1.43. The second-order valence-electron chi connectivity index (χ2n) is 3.50. The zero-order valence-corrected chi connectivity index (χ0v) is 8.70. The van der Waals surface area contributed by atoms with Crippen LogP contribution in [-0.2, 0) is 7.05 Å². The number of aromatic nitrogens is 5. The molecule has 0 aromatic carbocycles. The summed E-state index contributed by atoms with van der Waals surface area (Å²) in [5.74, 6) is 0. The number of fused-ring (bicyclic) bond motifs is 1. The van der Waals surface area contributed by atoms with Crippen LogP contribution in [0.5, 0.6) is 0 Å². The van der Waals surface area contributed by atoms with E-state index in [0.29, 0.717) is 0 Å². The van der Waals surface area contributed by atoms with E-state index in [1.54, 1.807) is 37.3 Å². The van der Waals surface area contributed by atoms with E-state index in [4.69, 9.17) is 0 Å². The van der Waals surface area contributed by atoms with Gasteiger partial charge in [-0.1, -0.05) is 0 Å². The van der Waals surface area contributed by atoms with Crippen LogP contribution in [0.1, 0.15) is 0 Å². The van der Waals surface area contributed by atoms with Gasteiger partial charge in [0, 0.05) is 31.2 Å². The second kappa shape index (κ2) is 3.37. The summed E-state index contributed by atoms with van der Waals surface area (Å²) in [5, 5.41) is 0. The summed E-state index contributed by atoms with van der Waals surface area (Å²) in [6.07, 6.45) is 10.4. The van der Waals surface area contributed by atoms with E-state index in [1.807, 2.05) is 11.6 Å². The summed E-state index contributed by atoms with van der Waals surface area (Å²) in [7, 11) is 1.94. The summed E-state index contributed by atoms with van der Waals surface area (Å²) >= 11 is 0. The van der Waals surface area contributed by atoms with Crippen LogP contribution in [0.25, 0.3) is 22.3 Å². The number of pyridine rings is 1. The van der Waals surface area contributed by atoms with Gasteiger partial charge in [-0.25, -0.2) is 4.98 Å². The molecule has 0 unspecified atom stereocenters. The molecule has 16 heavy (non-hydrogen) atoms. The van der Waals surface area contributed by atoms with E-state index in [2.05, 4.69) is 19.9 Å². The first kappa shape index (κ1) is 8.96. The minimum atomic E-state index is 0.791. The van der Waals surface area contributed by atoms with Crippen molar-refractivity contribution in [2.45, 2.75) is 0 Å². The highest BCUT2D eigenvalue weighted by Gasteiger charge is 2.08. The molecule has 3 heterocycles. The van der Waals surface area contributed by atoms with Crippen molar-refractivity contribution in [3.63, 3.8) is 0 Å². The van der Waals surface area contributed by atoms with Crippen LogP contribution in [0.4, 0.5) is 0 Å². The lowest BCUT2D eigenvalue weighted by Gasteiger charge is -2.00. The van der Waals surface area contributed by atoms with Gasteiger partial charge in [-0.05, 0) is 0 Å². The van der Waals surface area contributed by atoms with Crippen molar-refractivity contribution < 1.29 is 0 Å². The van der Waals surface area contributed by atoms with Gasteiger partial charge >= 0.3 is 0 Å². The summed E-state index contributed by atoms with van der Waals surface area (Å²) in [5.41, 5.74) is 3.59. The Bertz CT molecular complexity index is 629. The van der Waals surface area contributed by atoms with E-state index in [-0.39, 0.29) is 0 Å². The lowest BCUT2D eigenvalue weighted by atomic mass is 10.2. The average Bonchev–Trinajstić information content (AvgIpc) is 2.73. The molecule has 78 valence electrons. The van der Waals surface area contributed by atoms with Crippen molar-refractivity contribution in [2.75, 3.05) is 0 Å². The maximum Gasteiger partial charge on any atom is 0.101 e. The molecule has 3 aromatic heterocycles. The Morgan fingerprint density at radius 2 is 1.94 bits per heavy atom. The van der Waals surface area contributed by atoms with Gasteiger partial charge in [0.2, 0.25) is 0 Å². The molecular weight excluding hydrogens is 202 g/mol. The molecule has 0 aliphatic rings. The van der Waals surface area contributed by atoms with Gasteiger partial charge in [0.15, 0.2) is 0 Å². The Morgan fingerprint density at radius 3 is 2.75 bits per heavy atom. The molecule has 3 aromatic rings. The summed E-state index contributed by atoms with van der Waals surface area (Å²) in [4.78, 5) is 16.8. The molecule has 0 bridgehead atoms. The number of nitrogens with zero attached hydrogens (tertiary/aromatic N) is 5. The molecule has 0 fully saturated rings. The molecule has 5 nitrogen and oxygen atoms in total. The highest BCUT2D eigenvalue weighted by atomic mass is 15.0. The average molecular weight is 211 g/mol. The first-order chi connectivity index (χ1) is 7.86. The zero-order chi connectivity index (χ0) is 11.0. The molecule has 5 heteroatoms. The highest BCUT2D eigenvalue weighted by molar-refractivity contribution is 5.89. The highest BCUT2D eigenvalue weighted by Crippen LogP contribution is 2.23. The zero-order valence-electron chi connectivity index (χ0n) is 8.70. The van der Waals surface area contributed by atoms with Gasteiger partial charge < -0.3 is 4.57 Å². The van der Waals surface area contributed by atoms with Gasteiger partial charge in [0.25, 0.3) is 0 Å². The molecule has 0 spiro atoms. The first-order valence-electron chi connectivity index (χ1n) is 4.87. The Morgan fingerprint density at radius 1 is 1.00 bits per heavy atom. The van der Waals surface area contributed by atoms with Crippen molar-refractivity contribution in [1.29, 1.82) is 0 Å². The van der Waals surface area contributed by atoms with Crippen LogP contribution in [0, 0.1) is 0 Å². The second-order valence-corrected chi connectivity index (χ2v) is 3.50. The number of hydrogen-bond acceptors (Lipinski definition) is 4. The molecule has 0 aliphatic heterocycles. The van der Waals surface area contributed by atoms with Gasteiger partial charge in [0.05, 0.1) is 29.9 Å². The maximum absolute atomic E-state index is 4.35. The van der Waals surface area contributed by atoms with Crippen molar-refractivity contribution in [3.05, 3.63) is 37.3 Å². The van der Waals surface area contributed by atoms with Gasteiger partial charge in [0.1, 0.15) is 5.52 Å². The minimum absolute atomic E-state index is 0.791. The molecular formula is C11H9N5. The lowest BCUT2D eigenvalue weighted by molar-refractivity contribution is 0.945. The Balaban J connectivity index is 2.32. The summed E-state index contributed by atoms with van der Waals surface area (Å²) < 4.78 is 1.93. The largest absolute Gasteiger partial charge is 0.332 e. The van der Waals surface area contributed by atoms with E-state index in [9.17, 15) is 0 Å². The van der Waals surface area contributed by atoms with Gasteiger partial charge in [-0.15, -0.1) is 0 Å². The molecule has 3 rings (SSSR count). The fourth-order valence-corrected chi connectivity index (χ4v) is 1.67. The normalized spacial score (nSPS) is 10.8. The third kappa shape index (κ3) is 1.25. The van der Waals surface area contributed by atoms with Crippen molar-refractivity contribution in [2.24, 2.45) is 7.05 Å². The Labute approximate surface area is 91.8 Å². The van der Waals surface area contributed by atoms with E-state index in [0.717, 1.165) is 22.3 Å². The molecule has 0 saturated carbocycles. The van der Waals surface area contributed by atoms with E-state index >= 15 is 0 Å². The molecule has 0 saturated heterocycles. The smallest absolute Gasteiger partial charge is 0.101 e. The lowest BCUT2D eigenvalue weighted by Crippen LogP contribution is -1.89. The van der Waals surface area contributed by atoms with E-state index in [1.165, 1.54) is 0 Å². The van der Waals surface area contributed by atoms with Crippen molar-refractivity contribution in [3.8, 4) is 11.3 Å². The first-order valence-corrected chi connectivity index (χ1v) is 4.87. The SMILES string of the molecule is Cn1cnc2c(-c3cnccn3)cncc21. The molecule has 0 N–H and O–H groups in total. The van der Waals surface area contributed by atoms with Crippen LogP contribution in [0.3, 0.4) is 0 Å². The van der Waals surface area contributed by atoms with Crippen LogP contribution in [0.2, 0.25) is 0 Å². The Hall–Kier alpha value is -2.30. The number of aryl methyl sites for hydroxylation is 1. The van der Waals surface area contributed by atoms with E-state index < -0.39 is 0 Å². The predicted molar refractivity (Wildman–Crippen MR) is 59.5 cm³/mol. The van der Waals surface area contributed by atoms with Crippen LogP contribution in [-0.4, -0.2) is 24.5 Å². The third-order valence-corrected chi connectivity index (χ3v) is 2.48. The summed E-state index contributed by atoms with van der Waals surface area (Å²) in [6.45, 7) is 0. The third-order valence-electron chi connectivity index (χ3n) is 2.48. The number of rotatable bonds is 1. The van der Waals surface area contributed by atoms with Crippen molar-refractivity contribution in [1.82, 2.24) is 24.5 Å². The maximum atomic E-state index is 4.35. The number of imidazole rings is 1. The fourth-order valence-electron chi connectivity index (χ4n) is 1.67. The number of hydrogen-bond donors (Lipinski definition) is 0. The van der Waals surface area contributed by atoms with Crippen LogP contribution >= 0.6 is 0 Å². The van der Waals surface area contributed by atoms with Crippen LogP contribution < -0.4 is 0 Å². The molecule has 0 radical (unpaired) electrons. The standard InChI is InChI=1S/C11H9N5/c1-16-7-15-11-8(4-13-6-10(11)16)9-5-12-2-3-14-9/h2-7H,1H3. The minimum Gasteiger partial charge on any atom is -0.332 e.